The number of carbonyl (C=O) groups is 3. The largest absolute Gasteiger partial charge is 0.467 e. The normalized spacial score (nSPS) is 11.6. The molecule has 1 atom stereocenters. The van der Waals surface area contributed by atoms with E-state index in [2.05, 4.69) is 10.6 Å². The predicted molar refractivity (Wildman–Crippen MR) is 142 cm³/mol. The SMILES string of the molecule is O=C(NCC(=O)N(c1cccc2ccccc12)C(C(=O)NCc1ccco1)c1ccccc1)c1ccco1. The van der Waals surface area contributed by atoms with Crippen molar-refractivity contribution in [3.63, 3.8) is 0 Å². The van der Waals surface area contributed by atoms with Gasteiger partial charge in [-0.05, 0) is 41.3 Å². The van der Waals surface area contributed by atoms with Gasteiger partial charge in [0, 0.05) is 5.39 Å². The van der Waals surface area contributed by atoms with Crippen molar-refractivity contribution in [3.8, 4) is 0 Å². The fourth-order valence-electron chi connectivity index (χ4n) is 4.31. The molecule has 0 fully saturated rings. The minimum Gasteiger partial charge on any atom is -0.467 e. The van der Waals surface area contributed by atoms with Crippen LogP contribution in [0.5, 0.6) is 0 Å². The van der Waals surface area contributed by atoms with E-state index in [1.807, 2.05) is 54.6 Å². The van der Waals surface area contributed by atoms with Crippen molar-refractivity contribution in [1.82, 2.24) is 10.6 Å². The second-order valence-corrected chi connectivity index (χ2v) is 8.53. The Balaban J connectivity index is 1.55. The molecule has 8 heteroatoms. The van der Waals surface area contributed by atoms with E-state index in [0.29, 0.717) is 17.0 Å². The fraction of sp³-hybridized carbons (Fsp3) is 0.100. The first-order chi connectivity index (χ1) is 18.6. The number of nitrogens with one attached hydrogen (secondary N) is 2. The Hall–Kier alpha value is -5.11. The van der Waals surface area contributed by atoms with E-state index in [1.165, 1.54) is 23.5 Å². The Morgan fingerprint density at radius 1 is 0.737 bits per heavy atom. The van der Waals surface area contributed by atoms with E-state index >= 15 is 0 Å². The summed E-state index contributed by atoms with van der Waals surface area (Å²) >= 11 is 0. The first-order valence-electron chi connectivity index (χ1n) is 12.1. The molecule has 0 aliphatic heterocycles. The summed E-state index contributed by atoms with van der Waals surface area (Å²) in [5.41, 5.74) is 1.16. The third kappa shape index (κ3) is 5.34. The summed E-state index contributed by atoms with van der Waals surface area (Å²) in [6, 6.07) is 27.8. The minimum absolute atomic E-state index is 0.0883. The molecular formula is C30H25N3O5. The van der Waals surface area contributed by atoms with E-state index in [0.717, 1.165) is 10.8 Å². The Morgan fingerprint density at radius 2 is 1.47 bits per heavy atom. The van der Waals surface area contributed by atoms with Crippen LogP contribution in [0.1, 0.15) is 27.9 Å². The topological polar surface area (TPSA) is 105 Å². The quantitative estimate of drug-likeness (QED) is 0.297. The van der Waals surface area contributed by atoms with Crippen LogP contribution in [0.4, 0.5) is 5.69 Å². The number of nitrogens with zero attached hydrogens (tertiary/aromatic N) is 1. The molecule has 2 aromatic heterocycles. The number of fused-ring (bicyclic) bond motifs is 1. The lowest BCUT2D eigenvalue weighted by Gasteiger charge is -2.32. The number of furan rings is 2. The molecular weight excluding hydrogens is 482 g/mol. The molecule has 38 heavy (non-hydrogen) atoms. The molecule has 3 amide bonds. The molecule has 8 nitrogen and oxygen atoms in total. The maximum atomic E-state index is 13.9. The van der Waals surface area contributed by atoms with Crippen LogP contribution in [0.25, 0.3) is 10.8 Å². The van der Waals surface area contributed by atoms with Crippen LogP contribution in [-0.4, -0.2) is 24.3 Å². The number of hydrogen-bond acceptors (Lipinski definition) is 5. The Morgan fingerprint density at radius 3 is 2.24 bits per heavy atom. The molecule has 5 aromatic rings. The van der Waals surface area contributed by atoms with Gasteiger partial charge >= 0.3 is 0 Å². The molecule has 190 valence electrons. The first-order valence-corrected chi connectivity index (χ1v) is 12.1. The minimum atomic E-state index is -1.02. The van der Waals surface area contributed by atoms with Gasteiger partial charge in [0.05, 0.1) is 31.3 Å². The summed E-state index contributed by atoms with van der Waals surface area (Å²) in [5.74, 6) is -0.724. The van der Waals surface area contributed by atoms with Crippen LogP contribution in [0.15, 0.2) is 118 Å². The lowest BCUT2D eigenvalue weighted by Crippen LogP contribution is -2.47. The number of rotatable bonds is 9. The molecule has 3 aromatic carbocycles. The van der Waals surface area contributed by atoms with Crippen molar-refractivity contribution in [1.29, 1.82) is 0 Å². The van der Waals surface area contributed by atoms with E-state index in [-0.39, 0.29) is 18.8 Å². The molecule has 0 aliphatic rings. The van der Waals surface area contributed by atoms with E-state index in [1.54, 1.807) is 36.4 Å². The highest BCUT2D eigenvalue weighted by atomic mass is 16.3. The molecule has 0 saturated heterocycles. The number of benzene rings is 3. The third-order valence-electron chi connectivity index (χ3n) is 6.08. The zero-order valence-electron chi connectivity index (χ0n) is 20.4. The van der Waals surface area contributed by atoms with Gasteiger partial charge in [0.25, 0.3) is 5.91 Å². The summed E-state index contributed by atoms with van der Waals surface area (Å²) < 4.78 is 10.5. The average molecular weight is 508 g/mol. The van der Waals surface area contributed by atoms with Crippen molar-refractivity contribution in [2.75, 3.05) is 11.4 Å². The summed E-state index contributed by atoms with van der Waals surface area (Å²) in [6.45, 7) is -0.195. The van der Waals surface area contributed by atoms with Crippen molar-refractivity contribution in [2.45, 2.75) is 12.6 Å². The molecule has 0 aliphatic carbocycles. The van der Waals surface area contributed by atoms with Gasteiger partial charge in [0.2, 0.25) is 11.8 Å². The first kappa shape index (κ1) is 24.6. The highest BCUT2D eigenvalue weighted by Crippen LogP contribution is 2.33. The van der Waals surface area contributed by atoms with Crippen LogP contribution in [0.2, 0.25) is 0 Å². The van der Waals surface area contributed by atoms with Crippen LogP contribution in [0.3, 0.4) is 0 Å². The van der Waals surface area contributed by atoms with Crippen molar-refractivity contribution in [3.05, 3.63) is 127 Å². The number of anilines is 1. The van der Waals surface area contributed by atoms with Crippen molar-refractivity contribution >= 4 is 34.2 Å². The zero-order valence-corrected chi connectivity index (χ0v) is 20.4. The van der Waals surface area contributed by atoms with Crippen LogP contribution < -0.4 is 15.5 Å². The lowest BCUT2D eigenvalue weighted by molar-refractivity contribution is -0.126. The van der Waals surface area contributed by atoms with Crippen LogP contribution >= 0.6 is 0 Å². The van der Waals surface area contributed by atoms with Gasteiger partial charge in [-0.3, -0.25) is 19.3 Å². The summed E-state index contributed by atoms with van der Waals surface area (Å²) in [6.07, 6.45) is 2.91. The van der Waals surface area contributed by atoms with Gasteiger partial charge in [-0.2, -0.15) is 0 Å². The smallest absolute Gasteiger partial charge is 0.287 e. The molecule has 0 saturated carbocycles. The highest BCUT2D eigenvalue weighted by Gasteiger charge is 2.33. The second kappa shape index (κ2) is 11.3. The maximum absolute atomic E-state index is 13.9. The fourth-order valence-corrected chi connectivity index (χ4v) is 4.31. The van der Waals surface area contributed by atoms with Crippen LogP contribution in [0, 0.1) is 0 Å². The Kier molecular flexibility index (Phi) is 7.31. The second-order valence-electron chi connectivity index (χ2n) is 8.53. The molecule has 2 N–H and O–H groups in total. The number of hydrogen-bond donors (Lipinski definition) is 2. The van der Waals surface area contributed by atoms with E-state index in [9.17, 15) is 14.4 Å². The van der Waals surface area contributed by atoms with E-state index < -0.39 is 23.8 Å². The van der Waals surface area contributed by atoms with Gasteiger partial charge in [0.15, 0.2) is 5.76 Å². The standard InChI is InChI=1S/C30H25N3O5/c34-27(20-32-29(35)26-16-8-18-38-26)33(25-15-6-12-21-9-4-5-14-24(21)25)28(22-10-2-1-3-11-22)30(36)31-19-23-13-7-17-37-23/h1-18,28H,19-20H2,(H,31,36)(H,32,35). The van der Waals surface area contributed by atoms with Crippen molar-refractivity contribution in [2.24, 2.45) is 0 Å². The zero-order chi connectivity index (χ0) is 26.3. The van der Waals surface area contributed by atoms with Gasteiger partial charge in [0.1, 0.15) is 11.8 Å². The molecule has 1 unspecified atom stereocenters. The predicted octanol–water partition coefficient (Wildman–Crippen LogP) is 4.85. The lowest BCUT2D eigenvalue weighted by atomic mass is 10.0. The van der Waals surface area contributed by atoms with Gasteiger partial charge < -0.3 is 19.5 Å². The van der Waals surface area contributed by atoms with Crippen molar-refractivity contribution < 1.29 is 23.2 Å². The van der Waals surface area contributed by atoms with Crippen LogP contribution in [-0.2, 0) is 16.1 Å². The molecule has 0 spiro atoms. The Bertz CT molecular complexity index is 1520. The Labute approximate surface area is 218 Å². The summed E-state index contributed by atoms with van der Waals surface area (Å²) in [5, 5.41) is 7.21. The summed E-state index contributed by atoms with van der Waals surface area (Å²) in [4.78, 5) is 41.6. The third-order valence-corrected chi connectivity index (χ3v) is 6.08. The summed E-state index contributed by atoms with van der Waals surface area (Å²) in [7, 11) is 0. The number of carbonyl (C=O) groups excluding carboxylic acids is 3. The molecule has 0 radical (unpaired) electrons. The highest BCUT2D eigenvalue weighted by molar-refractivity contribution is 6.09. The van der Waals surface area contributed by atoms with Gasteiger partial charge in [-0.25, -0.2) is 0 Å². The molecule has 5 rings (SSSR count). The average Bonchev–Trinajstić information content (AvgIpc) is 3.68. The van der Waals surface area contributed by atoms with Gasteiger partial charge in [-0.1, -0.05) is 66.7 Å². The van der Waals surface area contributed by atoms with E-state index in [4.69, 9.17) is 8.83 Å². The maximum Gasteiger partial charge on any atom is 0.287 e. The molecule has 0 bridgehead atoms. The van der Waals surface area contributed by atoms with Gasteiger partial charge in [-0.15, -0.1) is 0 Å². The number of amides is 3. The molecule has 2 heterocycles. The monoisotopic (exact) mass is 507 g/mol.